The van der Waals surface area contributed by atoms with Gasteiger partial charge in [0, 0.05) is 43.1 Å². The molecule has 0 aliphatic rings. The number of anilines is 3. The van der Waals surface area contributed by atoms with Gasteiger partial charge in [-0.1, -0.05) is 0 Å². The number of ether oxygens (including phenoxy) is 1. The lowest BCUT2D eigenvalue weighted by molar-refractivity contribution is 0.0945. The summed E-state index contributed by atoms with van der Waals surface area (Å²) in [6, 6.07) is 17.0. The second-order valence-electron chi connectivity index (χ2n) is 7.80. The van der Waals surface area contributed by atoms with E-state index < -0.39 is 0 Å². The average molecular weight is 476 g/mol. The normalized spacial score (nSPS) is 10.6. The molecule has 2 aromatic carbocycles. The number of halogens is 1. The number of hydrogen-bond donors (Lipinski definition) is 3. The van der Waals surface area contributed by atoms with Crippen LogP contribution in [-0.4, -0.2) is 45.9 Å². The fourth-order valence-corrected chi connectivity index (χ4v) is 3.42. The molecule has 0 bridgehead atoms. The lowest BCUT2D eigenvalue weighted by atomic mass is 10.1. The lowest BCUT2D eigenvalue weighted by Crippen LogP contribution is -2.30. The molecular formula is C25H26FN7O2. The number of rotatable bonds is 9. The molecule has 0 fully saturated rings. The smallest absolute Gasteiger partial charge is 0.269 e. The maximum absolute atomic E-state index is 13.2. The molecule has 10 heteroatoms. The topological polar surface area (TPSA) is 106 Å². The molecule has 3 N–H and O–H groups in total. The Labute approximate surface area is 202 Å². The van der Waals surface area contributed by atoms with Gasteiger partial charge >= 0.3 is 0 Å². The van der Waals surface area contributed by atoms with Gasteiger partial charge in [0.2, 0.25) is 5.95 Å². The third kappa shape index (κ3) is 6.11. The van der Waals surface area contributed by atoms with Gasteiger partial charge in [0.15, 0.2) is 0 Å². The molecule has 4 rings (SSSR count). The molecule has 0 radical (unpaired) electrons. The molecule has 35 heavy (non-hydrogen) atoms. The third-order valence-electron chi connectivity index (χ3n) is 5.16. The quantitative estimate of drug-likeness (QED) is 0.315. The molecule has 2 heterocycles. The van der Waals surface area contributed by atoms with Crippen molar-refractivity contribution in [3.63, 3.8) is 0 Å². The van der Waals surface area contributed by atoms with Crippen molar-refractivity contribution >= 4 is 23.4 Å². The van der Waals surface area contributed by atoms with Crippen LogP contribution in [-0.2, 0) is 7.05 Å². The number of carbonyl (C=O) groups is 1. The number of carbonyl (C=O) groups excluding carboxylic acids is 1. The Morgan fingerprint density at radius 1 is 1.03 bits per heavy atom. The Balaban J connectivity index is 1.31. The fourth-order valence-electron chi connectivity index (χ4n) is 3.42. The molecule has 180 valence electrons. The molecule has 1 amide bonds. The largest absolute Gasteiger partial charge is 0.497 e. The molecular weight excluding hydrogens is 449 g/mol. The van der Waals surface area contributed by atoms with E-state index in [2.05, 4.69) is 31.0 Å². The molecule has 0 saturated carbocycles. The molecule has 0 aliphatic carbocycles. The lowest BCUT2D eigenvalue weighted by Gasteiger charge is -2.11. The monoisotopic (exact) mass is 475 g/mol. The van der Waals surface area contributed by atoms with Crippen molar-refractivity contribution in [1.82, 2.24) is 25.1 Å². The highest BCUT2D eigenvalue weighted by molar-refractivity contribution is 5.93. The summed E-state index contributed by atoms with van der Waals surface area (Å²) in [4.78, 5) is 21.5. The first-order valence-corrected chi connectivity index (χ1v) is 11.0. The third-order valence-corrected chi connectivity index (χ3v) is 5.16. The maximum Gasteiger partial charge on any atom is 0.269 e. The highest BCUT2D eigenvalue weighted by Gasteiger charge is 2.14. The van der Waals surface area contributed by atoms with E-state index in [1.807, 2.05) is 37.3 Å². The summed E-state index contributed by atoms with van der Waals surface area (Å²) in [5.74, 6) is 1.29. The highest BCUT2D eigenvalue weighted by atomic mass is 19.1. The van der Waals surface area contributed by atoms with Crippen LogP contribution in [0.2, 0.25) is 0 Å². The fraction of sp³-hybridized carbons (Fsp3) is 0.200. The zero-order valence-corrected chi connectivity index (χ0v) is 19.7. The molecule has 0 aliphatic heterocycles. The number of aryl methyl sites for hydroxylation is 2. The van der Waals surface area contributed by atoms with Gasteiger partial charge in [0.05, 0.1) is 12.8 Å². The minimum atomic E-state index is -0.323. The summed E-state index contributed by atoms with van der Waals surface area (Å²) in [5, 5.41) is 13.6. The van der Waals surface area contributed by atoms with E-state index in [-0.39, 0.29) is 11.7 Å². The van der Waals surface area contributed by atoms with E-state index in [0.717, 1.165) is 22.7 Å². The minimum absolute atomic E-state index is 0.262. The van der Waals surface area contributed by atoms with Crippen molar-refractivity contribution in [1.29, 1.82) is 0 Å². The Kier molecular flexibility index (Phi) is 7.20. The van der Waals surface area contributed by atoms with Crippen LogP contribution in [0.25, 0.3) is 11.3 Å². The van der Waals surface area contributed by atoms with Crippen molar-refractivity contribution in [2.24, 2.45) is 7.05 Å². The van der Waals surface area contributed by atoms with Gasteiger partial charge in [-0.3, -0.25) is 9.48 Å². The SMILES string of the molecule is COc1ccc(Nc2cc(C)nc(NCCNC(=O)c3cc(-c4ccc(F)cc4)nn3C)n2)cc1. The van der Waals surface area contributed by atoms with Gasteiger partial charge in [-0.2, -0.15) is 10.1 Å². The van der Waals surface area contributed by atoms with Gasteiger partial charge in [-0.05, 0) is 61.5 Å². The van der Waals surface area contributed by atoms with Gasteiger partial charge in [-0.25, -0.2) is 9.37 Å². The Morgan fingerprint density at radius 3 is 2.49 bits per heavy atom. The summed E-state index contributed by atoms with van der Waals surface area (Å²) in [6.07, 6.45) is 0. The summed E-state index contributed by atoms with van der Waals surface area (Å²) < 4.78 is 19.8. The van der Waals surface area contributed by atoms with E-state index >= 15 is 0 Å². The van der Waals surface area contributed by atoms with Crippen LogP contribution in [0.15, 0.2) is 60.7 Å². The van der Waals surface area contributed by atoms with E-state index in [1.54, 1.807) is 32.4 Å². The van der Waals surface area contributed by atoms with Crippen molar-refractivity contribution in [2.75, 3.05) is 30.8 Å². The van der Waals surface area contributed by atoms with Crippen LogP contribution < -0.4 is 20.7 Å². The number of nitrogens with zero attached hydrogens (tertiary/aromatic N) is 4. The number of hydrogen-bond acceptors (Lipinski definition) is 7. The summed E-state index contributed by atoms with van der Waals surface area (Å²) in [7, 11) is 3.32. The molecule has 0 atom stereocenters. The molecule has 0 spiro atoms. The van der Waals surface area contributed by atoms with Gasteiger partial charge < -0.3 is 20.7 Å². The number of aromatic nitrogens is 4. The van der Waals surface area contributed by atoms with Gasteiger partial charge in [0.1, 0.15) is 23.1 Å². The Morgan fingerprint density at radius 2 is 1.77 bits per heavy atom. The van der Waals surface area contributed by atoms with Crippen molar-refractivity contribution in [3.05, 3.63) is 77.9 Å². The second kappa shape index (κ2) is 10.6. The number of amides is 1. The van der Waals surface area contributed by atoms with E-state index in [0.29, 0.717) is 36.2 Å². The molecule has 4 aromatic rings. The predicted octanol–water partition coefficient (Wildman–Crippen LogP) is 3.92. The zero-order chi connectivity index (χ0) is 24.8. The molecule has 0 saturated heterocycles. The van der Waals surface area contributed by atoms with Crippen molar-refractivity contribution in [3.8, 4) is 17.0 Å². The average Bonchev–Trinajstić information content (AvgIpc) is 3.24. The number of nitrogens with one attached hydrogen (secondary N) is 3. The molecule has 2 aromatic heterocycles. The van der Waals surface area contributed by atoms with E-state index in [4.69, 9.17) is 4.74 Å². The first-order chi connectivity index (χ1) is 16.9. The summed E-state index contributed by atoms with van der Waals surface area (Å²) in [6.45, 7) is 2.67. The van der Waals surface area contributed by atoms with Crippen molar-refractivity contribution < 1.29 is 13.9 Å². The van der Waals surface area contributed by atoms with Crippen LogP contribution in [0.5, 0.6) is 5.75 Å². The van der Waals surface area contributed by atoms with Gasteiger partial charge in [-0.15, -0.1) is 0 Å². The zero-order valence-electron chi connectivity index (χ0n) is 19.7. The summed E-state index contributed by atoms with van der Waals surface area (Å²) >= 11 is 0. The Hall–Kier alpha value is -4.47. The second-order valence-corrected chi connectivity index (χ2v) is 7.80. The van der Waals surface area contributed by atoms with Gasteiger partial charge in [0.25, 0.3) is 5.91 Å². The minimum Gasteiger partial charge on any atom is -0.497 e. The first-order valence-electron chi connectivity index (χ1n) is 11.0. The van der Waals surface area contributed by atoms with Crippen LogP contribution in [0.4, 0.5) is 21.8 Å². The maximum atomic E-state index is 13.2. The molecule has 9 nitrogen and oxygen atoms in total. The predicted molar refractivity (Wildman–Crippen MR) is 132 cm³/mol. The van der Waals surface area contributed by atoms with Crippen LogP contribution in [0.3, 0.4) is 0 Å². The van der Waals surface area contributed by atoms with Crippen LogP contribution in [0, 0.1) is 12.7 Å². The van der Waals surface area contributed by atoms with Crippen LogP contribution in [0.1, 0.15) is 16.2 Å². The summed E-state index contributed by atoms with van der Waals surface area (Å²) in [5.41, 5.74) is 3.41. The highest BCUT2D eigenvalue weighted by Crippen LogP contribution is 2.21. The first kappa shape index (κ1) is 23.7. The van der Waals surface area contributed by atoms with Crippen molar-refractivity contribution in [2.45, 2.75) is 6.92 Å². The molecule has 0 unspecified atom stereocenters. The van der Waals surface area contributed by atoms with Crippen LogP contribution >= 0.6 is 0 Å². The van der Waals surface area contributed by atoms with E-state index in [9.17, 15) is 9.18 Å². The number of benzene rings is 2. The standard InChI is InChI=1S/C25H26FN7O2/c1-16-14-23(30-19-8-10-20(35-3)11-9-19)31-25(29-16)28-13-12-27-24(34)22-15-21(32-33(22)2)17-4-6-18(26)7-5-17/h4-11,14-15H,12-13H2,1-3H3,(H,27,34)(H2,28,29,30,31). The Bertz CT molecular complexity index is 1300. The van der Waals surface area contributed by atoms with E-state index in [1.165, 1.54) is 16.8 Å². The number of methoxy groups -OCH3 is 1.